The number of para-hydroxylation sites is 1. The second kappa shape index (κ2) is 8.55. The summed E-state index contributed by atoms with van der Waals surface area (Å²) in [5.41, 5.74) is 2.21. The molecule has 3 rings (SSSR count). The molecule has 0 atom stereocenters. The Kier molecular flexibility index (Phi) is 6.11. The molecule has 0 fully saturated rings. The minimum Gasteiger partial charge on any atom is -0.486 e. The number of hydrogen-bond donors (Lipinski definition) is 2. The number of nitrogens with one attached hydrogen (secondary N) is 2. The van der Waals surface area contributed by atoms with E-state index in [1.807, 2.05) is 32.0 Å². The van der Waals surface area contributed by atoms with Crippen molar-refractivity contribution in [3.05, 3.63) is 47.5 Å². The van der Waals surface area contributed by atoms with Crippen LogP contribution >= 0.6 is 0 Å². The number of amides is 2. The molecule has 1 aliphatic rings. The van der Waals surface area contributed by atoms with Crippen LogP contribution in [0.2, 0.25) is 0 Å². The molecule has 6 nitrogen and oxygen atoms in total. The van der Waals surface area contributed by atoms with Gasteiger partial charge in [-0.25, -0.2) is 0 Å². The molecule has 0 saturated heterocycles. The molecular weight excluding hydrogens is 368 g/mol. The standard InChI is InChI=1S/C23H28N2O4/c1-5-15-8-7-9-16(6-2)20(15)25-22(27)23(3,4)21(26)24-17-10-11-18-19(14-17)29-13-12-28-18/h7-11,14H,5-6,12-13H2,1-4H3,(H,24,26)(H,25,27). The molecule has 0 saturated carbocycles. The number of benzene rings is 2. The summed E-state index contributed by atoms with van der Waals surface area (Å²) < 4.78 is 11.1. The van der Waals surface area contributed by atoms with Gasteiger partial charge in [-0.2, -0.15) is 0 Å². The van der Waals surface area contributed by atoms with Crippen LogP contribution in [0.1, 0.15) is 38.8 Å². The molecular formula is C23H28N2O4. The summed E-state index contributed by atoms with van der Waals surface area (Å²) in [5, 5.41) is 5.81. The van der Waals surface area contributed by atoms with Gasteiger partial charge in [0.15, 0.2) is 11.5 Å². The fraction of sp³-hybridized carbons (Fsp3) is 0.391. The number of ether oxygens (including phenoxy) is 2. The van der Waals surface area contributed by atoms with Gasteiger partial charge in [0.05, 0.1) is 0 Å². The van der Waals surface area contributed by atoms with Crippen molar-refractivity contribution in [1.82, 2.24) is 0 Å². The fourth-order valence-corrected chi connectivity index (χ4v) is 3.18. The number of anilines is 2. The van der Waals surface area contributed by atoms with Gasteiger partial charge in [0.2, 0.25) is 11.8 Å². The third-order valence-corrected chi connectivity index (χ3v) is 5.17. The van der Waals surface area contributed by atoms with Crippen molar-refractivity contribution < 1.29 is 19.1 Å². The summed E-state index contributed by atoms with van der Waals surface area (Å²) in [7, 11) is 0. The van der Waals surface area contributed by atoms with Gasteiger partial charge >= 0.3 is 0 Å². The maximum absolute atomic E-state index is 13.0. The third kappa shape index (κ3) is 4.36. The van der Waals surface area contributed by atoms with Crippen molar-refractivity contribution in [2.45, 2.75) is 40.5 Å². The Hall–Kier alpha value is -3.02. The lowest BCUT2D eigenvalue weighted by atomic mass is 9.90. The van der Waals surface area contributed by atoms with Crippen molar-refractivity contribution in [1.29, 1.82) is 0 Å². The van der Waals surface area contributed by atoms with Crippen molar-refractivity contribution in [2.75, 3.05) is 23.8 Å². The third-order valence-electron chi connectivity index (χ3n) is 5.17. The molecule has 29 heavy (non-hydrogen) atoms. The van der Waals surface area contributed by atoms with Crippen LogP contribution in [0.15, 0.2) is 36.4 Å². The predicted octanol–water partition coefficient (Wildman–Crippen LogP) is 4.19. The molecule has 0 unspecified atom stereocenters. The topological polar surface area (TPSA) is 76.7 Å². The molecule has 2 N–H and O–H groups in total. The van der Waals surface area contributed by atoms with Gasteiger partial charge in [0.1, 0.15) is 18.6 Å². The Labute approximate surface area is 171 Å². The average Bonchev–Trinajstić information content (AvgIpc) is 2.73. The molecule has 2 aromatic rings. The molecule has 0 radical (unpaired) electrons. The highest BCUT2D eigenvalue weighted by molar-refractivity contribution is 6.14. The number of hydrogen-bond acceptors (Lipinski definition) is 4. The van der Waals surface area contributed by atoms with Gasteiger partial charge in [0.25, 0.3) is 0 Å². The van der Waals surface area contributed by atoms with Crippen LogP contribution in [0.5, 0.6) is 11.5 Å². The van der Waals surface area contributed by atoms with Crippen molar-refractivity contribution in [3.8, 4) is 11.5 Å². The van der Waals surface area contributed by atoms with Gasteiger partial charge in [0, 0.05) is 17.4 Å². The highest BCUT2D eigenvalue weighted by Gasteiger charge is 2.37. The van der Waals surface area contributed by atoms with Crippen LogP contribution in [-0.2, 0) is 22.4 Å². The second-order valence-electron chi connectivity index (χ2n) is 7.55. The van der Waals surface area contributed by atoms with Crippen molar-refractivity contribution >= 4 is 23.2 Å². The summed E-state index contributed by atoms with van der Waals surface area (Å²) in [6.45, 7) is 8.31. The van der Waals surface area contributed by atoms with Crippen LogP contribution in [0.4, 0.5) is 11.4 Å². The van der Waals surface area contributed by atoms with E-state index in [2.05, 4.69) is 10.6 Å². The molecule has 0 aliphatic carbocycles. The number of aryl methyl sites for hydroxylation is 2. The Bertz CT molecular complexity index is 899. The monoisotopic (exact) mass is 396 g/mol. The van der Waals surface area contributed by atoms with Crippen LogP contribution < -0.4 is 20.1 Å². The van der Waals surface area contributed by atoms with E-state index in [0.717, 1.165) is 29.7 Å². The maximum atomic E-state index is 13.0. The van der Waals surface area contributed by atoms with E-state index >= 15 is 0 Å². The Morgan fingerprint density at radius 2 is 1.48 bits per heavy atom. The molecule has 6 heteroatoms. The first-order chi connectivity index (χ1) is 13.9. The Morgan fingerprint density at radius 3 is 2.10 bits per heavy atom. The van der Waals surface area contributed by atoms with E-state index < -0.39 is 11.3 Å². The number of fused-ring (bicyclic) bond motifs is 1. The number of carbonyl (C=O) groups is 2. The molecule has 0 spiro atoms. The average molecular weight is 396 g/mol. The van der Waals surface area contributed by atoms with Gasteiger partial charge < -0.3 is 20.1 Å². The molecule has 0 bridgehead atoms. The zero-order valence-electron chi connectivity index (χ0n) is 17.4. The van der Waals surface area contributed by atoms with Crippen molar-refractivity contribution in [2.24, 2.45) is 5.41 Å². The quantitative estimate of drug-likeness (QED) is 0.718. The zero-order valence-corrected chi connectivity index (χ0v) is 17.4. The highest BCUT2D eigenvalue weighted by atomic mass is 16.6. The smallest absolute Gasteiger partial charge is 0.239 e. The van der Waals surface area contributed by atoms with E-state index in [0.29, 0.717) is 30.4 Å². The van der Waals surface area contributed by atoms with E-state index in [-0.39, 0.29) is 5.91 Å². The fourth-order valence-electron chi connectivity index (χ4n) is 3.18. The van der Waals surface area contributed by atoms with Crippen LogP contribution in [0.3, 0.4) is 0 Å². The lowest BCUT2D eigenvalue weighted by Crippen LogP contribution is -2.42. The number of rotatable bonds is 6. The first-order valence-electron chi connectivity index (χ1n) is 10.00. The van der Waals surface area contributed by atoms with Crippen molar-refractivity contribution in [3.63, 3.8) is 0 Å². The lowest BCUT2D eigenvalue weighted by molar-refractivity contribution is -0.135. The van der Waals surface area contributed by atoms with E-state index in [9.17, 15) is 9.59 Å². The molecule has 1 aliphatic heterocycles. The lowest BCUT2D eigenvalue weighted by Gasteiger charge is -2.25. The Balaban J connectivity index is 1.76. The molecule has 1 heterocycles. The largest absolute Gasteiger partial charge is 0.486 e. The molecule has 2 aromatic carbocycles. The van der Waals surface area contributed by atoms with Gasteiger partial charge in [-0.15, -0.1) is 0 Å². The summed E-state index contributed by atoms with van der Waals surface area (Å²) in [6, 6.07) is 11.2. The van der Waals surface area contributed by atoms with Gasteiger partial charge in [-0.3, -0.25) is 9.59 Å². The maximum Gasteiger partial charge on any atom is 0.239 e. The van der Waals surface area contributed by atoms with Gasteiger partial charge in [-0.05, 0) is 49.9 Å². The minimum atomic E-state index is -1.26. The SMILES string of the molecule is CCc1cccc(CC)c1NC(=O)C(C)(C)C(=O)Nc1ccc2c(c1)OCCO2. The van der Waals surface area contributed by atoms with Crippen LogP contribution in [0, 0.1) is 5.41 Å². The van der Waals surface area contributed by atoms with Crippen LogP contribution in [0.25, 0.3) is 0 Å². The zero-order chi connectivity index (χ0) is 21.0. The molecule has 2 amide bonds. The highest BCUT2D eigenvalue weighted by Crippen LogP contribution is 2.33. The second-order valence-corrected chi connectivity index (χ2v) is 7.55. The molecule has 0 aromatic heterocycles. The normalized spacial score (nSPS) is 13.0. The van der Waals surface area contributed by atoms with E-state index in [1.165, 1.54) is 0 Å². The van der Waals surface area contributed by atoms with E-state index in [4.69, 9.17) is 9.47 Å². The molecule has 154 valence electrons. The number of carbonyl (C=O) groups excluding carboxylic acids is 2. The first kappa shape index (κ1) is 20.7. The Morgan fingerprint density at radius 1 is 0.897 bits per heavy atom. The first-order valence-corrected chi connectivity index (χ1v) is 10.00. The van der Waals surface area contributed by atoms with E-state index in [1.54, 1.807) is 32.0 Å². The summed E-state index contributed by atoms with van der Waals surface area (Å²) in [5.74, 6) is 0.497. The summed E-state index contributed by atoms with van der Waals surface area (Å²) in [4.78, 5) is 25.9. The minimum absolute atomic E-state index is 0.344. The predicted molar refractivity (Wildman–Crippen MR) is 114 cm³/mol. The van der Waals surface area contributed by atoms with Crippen LogP contribution in [-0.4, -0.2) is 25.0 Å². The van der Waals surface area contributed by atoms with Gasteiger partial charge in [-0.1, -0.05) is 32.0 Å². The summed E-state index contributed by atoms with van der Waals surface area (Å²) in [6.07, 6.45) is 1.60. The summed E-state index contributed by atoms with van der Waals surface area (Å²) >= 11 is 0.